The summed E-state index contributed by atoms with van der Waals surface area (Å²) in [5, 5.41) is 8.35. The van der Waals surface area contributed by atoms with E-state index in [4.69, 9.17) is 9.84 Å². The summed E-state index contributed by atoms with van der Waals surface area (Å²) in [7, 11) is 1.65. The molecular formula is C9H14O2. The SMILES string of the molecule is COC/C=C/C=C/C=C/CO. The van der Waals surface area contributed by atoms with Gasteiger partial charge in [0, 0.05) is 7.11 Å². The van der Waals surface area contributed by atoms with E-state index in [9.17, 15) is 0 Å². The molecule has 0 aromatic rings. The number of aliphatic hydroxyl groups excluding tert-OH is 1. The van der Waals surface area contributed by atoms with Crippen molar-refractivity contribution in [2.75, 3.05) is 20.3 Å². The van der Waals surface area contributed by atoms with Crippen LogP contribution in [0, 0.1) is 0 Å². The first kappa shape index (κ1) is 10.1. The number of aliphatic hydroxyl groups is 1. The van der Waals surface area contributed by atoms with E-state index >= 15 is 0 Å². The first-order valence-corrected chi connectivity index (χ1v) is 3.50. The number of rotatable bonds is 5. The molecular weight excluding hydrogens is 140 g/mol. The summed E-state index contributed by atoms with van der Waals surface area (Å²) in [5.41, 5.74) is 0. The van der Waals surface area contributed by atoms with E-state index in [0.717, 1.165) is 0 Å². The summed E-state index contributed by atoms with van der Waals surface area (Å²) in [4.78, 5) is 0. The first-order valence-electron chi connectivity index (χ1n) is 3.50. The molecule has 0 bridgehead atoms. The Labute approximate surface area is 67.5 Å². The molecule has 0 aliphatic heterocycles. The first-order chi connectivity index (χ1) is 5.41. The van der Waals surface area contributed by atoms with Crippen molar-refractivity contribution in [1.29, 1.82) is 0 Å². The van der Waals surface area contributed by atoms with E-state index in [1.165, 1.54) is 0 Å². The zero-order valence-corrected chi connectivity index (χ0v) is 6.73. The molecule has 0 aromatic carbocycles. The molecule has 0 spiro atoms. The van der Waals surface area contributed by atoms with E-state index in [1.54, 1.807) is 19.3 Å². The van der Waals surface area contributed by atoms with Crippen LogP contribution in [-0.2, 0) is 4.74 Å². The minimum absolute atomic E-state index is 0.0894. The summed E-state index contributed by atoms with van der Waals surface area (Å²) < 4.78 is 4.79. The van der Waals surface area contributed by atoms with Gasteiger partial charge in [-0.1, -0.05) is 36.5 Å². The topological polar surface area (TPSA) is 29.5 Å². The molecule has 0 amide bonds. The van der Waals surface area contributed by atoms with E-state index in [-0.39, 0.29) is 6.61 Å². The standard InChI is InChI=1S/C9H14O2/c1-11-9-7-5-3-2-4-6-8-10/h2-7,10H,8-9H2,1H3/b3-2+,6-4+,7-5+. The van der Waals surface area contributed by atoms with Gasteiger partial charge in [-0.15, -0.1) is 0 Å². The van der Waals surface area contributed by atoms with Gasteiger partial charge in [-0.25, -0.2) is 0 Å². The van der Waals surface area contributed by atoms with Gasteiger partial charge in [-0.3, -0.25) is 0 Å². The van der Waals surface area contributed by atoms with Crippen molar-refractivity contribution in [1.82, 2.24) is 0 Å². The Hall–Kier alpha value is -0.860. The molecule has 0 rings (SSSR count). The van der Waals surface area contributed by atoms with Crippen LogP contribution in [0.5, 0.6) is 0 Å². The van der Waals surface area contributed by atoms with Gasteiger partial charge < -0.3 is 9.84 Å². The fraction of sp³-hybridized carbons (Fsp3) is 0.333. The Morgan fingerprint density at radius 2 is 1.73 bits per heavy atom. The molecule has 0 aromatic heterocycles. The third-order valence-electron chi connectivity index (χ3n) is 0.974. The van der Waals surface area contributed by atoms with Crippen molar-refractivity contribution in [2.45, 2.75) is 0 Å². The van der Waals surface area contributed by atoms with Gasteiger partial charge in [-0.05, 0) is 0 Å². The maximum absolute atomic E-state index is 8.35. The maximum atomic E-state index is 8.35. The minimum Gasteiger partial charge on any atom is -0.392 e. The summed E-state index contributed by atoms with van der Waals surface area (Å²) in [6.45, 7) is 0.722. The van der Waals surface area contributed by atoms with Crippen molar-refractivity contribution in [2.24, 2.45) is 0 Å². The van der Waals surface area contributed by atoms with Crippen molar-refractivity contribution >= 4 is 0 Å². The number of ether oxygens (including phenoxy) is 1. The molecule has 0 aliphatic carbocycles. The lowest BCUT2D eigenvalue weighted by Crippen LogP contribution is -1.78. The average molecular weight is 154 g/mol. The summed E-state index contributed by atoms with van der Waals surface area (Å²) in [6.07, 6.45) is 11.0. The van der Waals surface area contributed by atoms with Crippen LogP contribution in [0.15, 0.2) is 36.5 Å². The van der Waals surface area contributed by atoms with Gasteiger partial charge in [0.1, 0.15) is 0 Å². The van der Waals surface area contributed by atoms with Crippen LogP contribution in [0.25, 0.3) is 0 Å². The number of methoxy groups -OCH3 is 1. The highest BCUT2D eigenvalue weighted by Crippen LogP contribution is 1.80. The molecule has 0 aliphatic rings. The molecule has 0 fully saturated rings. The van der Waals surface area contributed by atoms with E-state index < -0.39 is 0 Å². The van der Waals surface area contributed by atoms with Crippen LogP contribution < -0.4 is 0 Å². The van der Waals surface area contributed by atoms with Gasteiger partial charge >= 0.3 is 0 Å². The summed E-state index contributed by atoms with van der Waals surface area (Å²) in [5.74, 6) is 0. The van der Waals surface area contributed by atoms with Gasteiger partial charge in [0.25, 0.3) is 0 Å². The smallest absolute Gasteiger partial charge is 0.0646 e. The quantitative estimate of drug-likeness (QED) is 0.605. The molecule has 0 atom stereocenters. The molecule has 2 nitrogen and oxygen atoms in total. The van der Waals surface area contributed by atoms with Crippen LogP contribution >= 0.6 is 0 Å². The molecule has 0 saturated carbocycles. The Kier molecular flexibility index (Phi) is 8.43. The third kappa shape index (κ3) is 9.14. The monoisotopic (exact) mass is 154 g/mol. The van der Waals surface area contributed by atoms with Gasteiger partial charge in [0.05, 0.1) is 13.2 Å². The Morgan fingerprint density at radius 1 is 1.09 bits per heavy atom. The van der Waals surface area contributed by atoms with Gasteiger partial charge in [-0.2, -0.15) is 0 Å². The van der Waals surface area contributed by atoms with Crippen LogP contribution in [0.2, 0.25) is 0 Å². The number of allylic oxidation sites excluding steroid dienone is 4. The third-order valence-corrected chi connectivity index (χ3v) is 0.974. The van der Waals surface area contributed by atoms with Gasteiger partial charge in [0.15, 0.2) is 0 Å². The average Bonchev–Trinajstić information content (AvgIpc) is 2.03. The molecule has 0 saturated heterocycles. The molecule has 0 heterocycles. The van der Waals surface area contributed by atoms with E-state index in [0.29, 0.717) is 6.61 Å². The van der Waals surface area contributed by atoms with E-state index in [2.05, 4.69) is 0 Å². The fourth-order valence-corrected chi connectivity index (χ4v) is 0.498. The lowest BCUT2D eigenvalue weighted by Gasteiger charge is -1.83. The summed E-state index contributed by atoms with van der Waals surface area (Å²) >= 11 is 0. The Balaban J connectivity index is 3.35. The van der Waals surface area contributed by atoms with Crippen LogP contribution in [0.4, 0.5) is 0 Å². The van der Waals surface area contributed by atoms with Crippen molar-refractivity contribution in [3.8, 4) is 0 Å². The highest BCUT2D eigenvalue weighted by molar-refractivity contribution is 5.10. The Bertz CT molecular complexity index is 146. The highest BCUT2D eigenvalue weighted by atomic mass is 16.5. The van der Waals surface area contributed by atoms with Crippen molar-refractivity contribution < 1.29 is 9.84 Å². The van der Waals surface area contributed by atoms with E-state index in [1.807, 2.05) is 24.3 Å². The predicted molar refractivity (Wildman–Crippen MR) is 46.4 cm³/mol. The largest absolute Gasteiger partial charge is 0.392 e. The van der Waals surface area contributed by atoms with Crippen molar-refractivity contribution in [3.05, 3.63) is 36.5 Å². The van der Waals surface area contributed by atoms with Crippen LogP contribution in [0.3, 0.4) is 0 Å². The zero-order valence-electron chi connectivity index (χ0n) is 6.73. The number of hydrogen-bond donors (Lipinski definition) is 1. The molecule has 11 heavy (non-hydrogen) atoms. The molecule has 1 N–H and O–H groups in total. The van der Waals surface area contributed by atoms with Crippen LogP contribution in [0.1, 0.15) is 0 Å². The molecule has 0 unspecified atom stereocenters. The normalized spacial score (nSPS) is 12.5. The minimum atomic E-state index is 0.0894. The second-order valence-corrected chi connectivity index (χ2v) is 1.88. The lowest BCUT2D eigenvalue weighted by atomic mass is 10.4. The van der Waals surface area contributed by atoms with Gasteiger partial charge in [0.2, 0.25) is 0 Å². The second kappa shape index (κ2) is 9.14. The lowest BCUT2D eigenvalue weighted by molar-refractivity contribution is 0.234. The highest BCUT2D eigenvalue weighted by Gasteiger charge is 1.67. The Morgan fingerprint density at radius 3 is 2.27 bits per heavy atom. The maximum Gasteiger partial charge on any atom is 0.0646 e. The predicted octanol–water partition coefficient (Wildman–Crippen LogP) is 1.29. The van der Waals surface area contributed by atoms with Crippen LogP contribution in [-0.4, -0.2) is 25.4 Å². The van der Waals surface area contributed by atoms with Crippen molar-refractivity contribution in [3.63, 3.8) is 0 Å². The zero-order chi connectivity index (χ0) is 8.36. The molecule has 62 valence electrons. The number of hydrogen-bond acceptors (Lipinski definition) is 2. The fourth-order valence-electron chi connectivity index (χ4n) is 0.498. The molecule has 0 radical (unpaired) electrons. The summed E-state index contributed by atoms with van der Waals surface area (Å²) in [6, 6.07) is 0. The molecule has 2 heteroatoms. The second-order valence-electron chi connectivity index (χ2n) is 1.88.